The van der Waals surface area contributed by atoms with E-state index in [1.165, 1.54) is 6.07 Å². The number of nitrogens with zero attached hydrogens (tertiary/aromatic N) is 3. The highest BCUT2D eigenvalue weighted by Gasteiger charge is 2.22. The molecule has 1 aliphatic heterocycles. The van der Waals surface area contributed by atoms with Crippen LogP contribution >= 0.6 is 0 Å². The van der Waals surface area contributed by atoms with Crippen molar-refractivity contribution in [2.24, 2.45) is 0 Å². The van der Waals surface area contributed by atoms with Gasteiger partial charge in [0, 0.05) is 24.7 Å². The largest absolute Gasteiger partial charge is 0.393 e. The number of nitro groups is 1. The number of anilines is 1. The number of hydrogen-bond donors (Lipinski definition) is 1. The minimum absolute atomic E-state index is 0.00648. The van der Waals surface area contributed by atoms with Crippen LogP contribution in [0.5, 0.6) is 0 Å². The summed E-state index contributed by atoms with van der Waals surface area (Å²) in [6, 6.07) is 12.4. The Kier molecular flexibility index (Phi) is 4.02. The van der Waals surface area contributed by atoms with Crippen LogP contribution in [0.15, 0.2) is 42.5 Å². The van der Waals surface area contributed by atoms with E-state index in [1.807, 2.05) is 30.3 Å². The van der Waals surface area contributed by atoms with Gasteiger partial charge in [-0.1, -0.05) is 30.3 Å². The van der Waals surface area contributed by atoms with Crippen molar-refractivity contribution in [1.29, 1.82) is 0 Å². The summed E-state index contributed by atoms with van der Waals surface area (Å²) in [5.74, 6) is 0.719. The second-order valence-corrected chi connectivity index (χ2v) is 5.38. The molecule has 1 aromatic carbocycles. The van der Waals surface area contributed by atoms with E-state index < -0.39 is 4.92 Å². The fourth-order valence-corrected chi connectivity index (χ4v) is 2.67. The molecular weight excluding hydrogens is 282 g/mol. The van der Waals surface area contributed by atoms with Crippen molar-refractivity contribution in [3.05, 3.63) is 52.6 Å². The smallest absolute Gasteiger partial charge is 0.295 e. The van der Waals surface area contributed by atoms with Crippen LogP contribution in [0, 0.1) is 10.1 Å². The van der Waals surface area contributed by atoms with Gasteiger partial charge in [0.05, 0.1) is 11.0 Å². The number of aromatic nitrogens is 1. The molecule has 0 spiro atoms. The van der Waals surface area contributed by atoms with Gasteiger partial charge < -0.3 is 10.0 Å². The van der Waals surface area contributed by atoms with E-state index in [4.69, 9.17) is 0 Å². The average Bonchev–Trinajstić information content (AvgIpc) is 2.56. The fourth-order valence-electron chi connectivity index (χ4n) is 2.67. The predicted molar refractivity (Wildman–Crippen MR) is 83.8 cm³/mol. The zero-order chi connectivity index (χ0) is 15.5. The molecule has 1 aromatic heterocycles. The Hall–Kier alpha value is -2.47. The van der Waals surface area contributed by atoms with E-state index in [0.29, 0.717) is 31.6 Å². The van der Waals surface area contributed by atoms with Crippen LogP contribution in [-0.2, 0) is 0 Å². The fraction of sp³-hybridized carbons (Fsp3) is 0.312. The maximum Gasteiger partial charge on any atom is 0.295 e. The van der Waals surface area contributed by atoms with Gasteiger partial charge >= 0.3 is 0 Å². The number of hydrogen-bond acceptors (Lipinski definition) is 5. The molecule has 3 rings (SSSR count). The molecule has 0 atom stereocenters. The zero-order valence-electron chi connectivity index (χ0n) is 12.1. The van der Waals surface area contributed by atoms with Gasteiger partial charge in [-0.15, -0.1) is 0 Å². The lowest BCUT2D eigenvalue weighted by atomic mass is 10.1. The van der Waals surface area contributed by atoms with Crippen LogP contribution in [0.1, 0.15) is 12.8 Å². The van der Waals surface area contributed by atoms with E-state index in [9.17, 15) is 15.2 Å². The SMILES string of the molecule is O=[N+]([O-])c1ccc(N2CCC(O)CC2)nc1-c1ccccc1. The van der Waals surface area contributed by atoms with Crippen LogP contribution in [0.4, 0.5) is 11.5 Å². The lowest BCUT2D eigenvalue weighted by Crippen LogP contribution is -2.36. The summed E-state index contributed by atoms with van der Waals surface area (Å²) in [7, 11) is 0. The molecule has 22 heavy (non-hydrogen) atoms. The first-order chi connectivity index (χ1) is 10.6. The van der Waals surface area contributed by atoms with E-state index in [1.54, 1.807) is 6.07 Å². The van der Waals surface area contributed by atoms with Gasteiger partial charge in [0.2, 0.25) is 0 Å². The number of aliphatic hydroxyl groups excluding tert-OH is 1. The number of pyridine rings is 1. The summed E-state index contributed by atoms with van der Waals surface area (Å²) < 4.78 is 0. The molecule has 2 heterocycles. The van der Waals surface area contributed by atoms with Crippen molar-refractivity contribution in [2.45, 2.75) is 18.9 Å². The minimum Gasteiger partial charge on any atom is -0.393 e. The summed E-state index contributed by atoms with van der Waals surface area (Å²) in [5, 5.41) is 20.8. The summed E-state index contributed by atoms with van der Waals surface area (Å²) in [4.78, 5) is 17.4. The average molecular weight is 299 g/mol. The van der Waals surface area contributed by atoms with Gasteiger partial charge in [-0.3, -0.25) is 10.1 Å². The normalized spacial score (nSPS) is 15.8. The molecule has 0 bridgehead atoms. The van der Waals surface area contributed by atoms with Crippen molar-refractivity contribution < 1.29 is 10.0 Å². The molecule has 0 saturated carbocycles. The third-order valence-corrected chi connectivity index (χ3v) is 3.89. The van der Waals surface area contributed by atoms with E-state index in [-0.39, 0.29) is 11.8 Å². The number of aliphatic hydroxyl groups is 1. The molecule has 1 N–H and O–H groups in total. The van der Waals surface area contributed by atoms with Crippen molar-refractivity contribution in [3.8, 4) is 11.3 Å². The monoisotopic (exact) mass is 299 g/mol. The van der Waals surface area contributed by atoms with Gasteiger partial charge in [0.25, 0.3) is 5.69 Å². The Morgan fingerprint density at radius 1 is 1.14 bits per heavy atom. The van der Waals surface area contributed by atoms with Gasteiger partial charge in [-0.2, -0.15) is 0 Å². The van der Waals surface area contributed by atoms with E-state index >= 15 is 0 Å². The van der Waals surface area contributed by atoms with Gasteiger partial charge in [0.15, 0.2) is 5.69 Å². The second kappa shape index (κ2) is 6.11. The van der Waals surface area contributed by atoms with Crippen molar-refractivity contribution in [2.75, 3.05) is 18.0 Å². The van der Waals surface area contributed by atoms with Crippen LogP contribution < -0.4 is 4.90 Å². The molecule has 114 valence electrons. The van der Waals surface area contributed by atoms with Crippen molar-refractivity contribution >= 4 is 11.5 Å². The summed E-state index contributed by atoms with van der Waals surface area (Å²) >= 11 is 0. The molecule has 0 aliphatic carbocycles. The molecule has 6 heteroatoms. The van der Waals surface area contributed by atoms with Crippen LogP contribution in [0.2, 0.25) is 0 Å². The Bertz CT molecular complexity index is 668. The Morgan fingerprint density at radius 3 is 2.45 bits per heavy atom. The number of piperidine rings is 1. The Morgan fingerprint density at radius 2 is 1.82 bits per heavy atom. The first-order valence-corrected chi connectivity index (χ1v) is 7.29. The van der Waals surface area contributed by atoms with Crippen LogP contribution in [0.3, 0.4) is 0 Å². The molecule has 0 unspecified atom stereocenters. The summed E-state index contributed by atoms with van der Waals surface area (Å²) in [5.41, 5.74) is 1.12. The molecule has 2 aromatic rings. The zero-order valence-corrected chi connectivity index (χ0v) is 12.1. The first-order valence-electron chi connectivity index (χ1n) is 7.29. The van der Waals surface area contributed by atoms with E-state index in [0.717, 1.165) is 11.4 Å². The highest BCUT2D eigenvalue weighted by Crippen LogP contribution is 2.31. The topological polar surface area (TPSA) is 79.5 Å². The van der Waals surface area contributed by atoms with Crippen molar-refractivity contribution in [1.82, 2.24) is 4.98 Å². The van der Waals surface area contributed by atoms with Gasteiger partial charge in [-0.05, 0) is 18.9 Å². The standard InChI is InChI=1S/C16H17N3O3/c20-13-8-10-18(11-9-13)15-7-6-14(19(21)22)16(17-15)12-4-2-1-3-5-12/h1-7,13,20H,8-11H2. The summed E-state index contributed by atoms with van der Waals surface area (Å²) in [6.45, 7) is 1.42. The number of benzene rings is 1. The van der Waals surface area contributed by atoms with Gasteiger partial charge in [-0.25, -0.2) is 4.98 Å². The van der Waals surface area contributed by atoms with Crippen LogP contribution in [-0.4, -0.2) is 34.2 Å². The highest BCUT2D eigenvalue weighted by molar-refractivity contribution is 5.71. The maximum atomic E-state index is 11.2. The predicted octanol–water partition coefficient (Wildman–Crippen LogP) is 2.62. The van der Waals surface area contributed by atoms with Crippen LogP contribution in [0.25, 0.3) is 11.3 Å². The Balaban J connectivity index is 1.99. The molecule has 1 saturated heterocycles. The molecule has 0 amide bonds. The highest BCUT2D eigenvalue weighted by atomic mass is 16.6. The molecular formula is C16H17N3O3. The third kappa shape index (κ3) is 2.92. The van der Waals surface area contributed by atoms with Gasteiger partial charge in [0.1, 0.15) is 5.82 Å². The molecule has 1 aliphatic rings. The quantitative estimate of drug-likeness (QED) is 0.696. The second-order valence-electron chi connectivity index (χ2n) is 5.38. The first kappa shape index (κ1) is 14.5. The molecule has 0 radical (unpaired) electrons. The summed E-state index contributed by atoms with van der Waals surface area (Å²) in [6.07, 6.45) is 1.13. The maximum absolute atomic E-state index is 11.2. The Labute approximate surface area is 128 Å². The van der Waals surface area contributed by atoms with Crippen molar-refractivity contribution in [3.63, 3.8) is 0 Å². The lowest BCUT2D eigenvalue weighted by Gasteiger charge is -2.30. The lowest BCUT2D eigenvalue weighted by molar-refractivity contribution is -0.384. The minimum atomic E-state index is -0.404. The number of rotatable bonds is 3. The van der Waals surface area contributed by atoms with E-state index in [2.05, 4.69) is 9.88 Å². The molecule has 6 nitrogen and oxygen atoms in total. The third-order valence-electron chi connectivity index (χ3n) is 3.89. The molecule has 1 fully saturated rings.